The van der Waals surface area contributed by atoms with Crippen LogP contribution in [0, 0.1) is 20.2 Å². The van der Waals surface area contributed by atoms with Crippen molar-refractivity contribution >= 4 is 46.7 Å². The molecule has 0 unspecified atom stereocenters. The van der Waals surface area contributed by atoms with Crippen LogP contribution in [0.2, 0.25) is 0 Å². The van der Waals surface area contributed by atoms with Gasteiger partial charge in [-0.3, -0.25) is 29.8 Å². The molecule has 0 aromatic heterocycles. The van der Waals surface area contributed by atoms with E-state index in [1.807, 2.05) is 0 Å². The van der Waals surface area contributed by atoms with Crippen LogP contribution in [-0.2, 0) is 9.59 Å². The molecule has 4 amide bonds. The van der Waals surface area contributed by atoms with E-state index in [0.717, 1.165) is 28.0 Å². The molecule has 0 atom stereocenters. The SMILES string of the molecule is COc1cc(C=C2C(=O)N(c3ccccc3)C(=O)N(c3ccccc3)C2=O)ccc1Oc1ccc([N+](=O)[O-])cc1[N+](=O)[O-]. The van der Waals surface area contributed by atoms with Gasteiger partial charge >= 0.3 is 11.7 Å². The molecule has 0 radical (unpaired) electrons. The number of benzene rings is 4. The van der Waals surface area contributed by atoms with Crippen molar-refractivity contribution in [3.05, 3.63) is 128 Å². The molecule has 0 N–H and O–H groups in total. The molecule has 43 heavy (non-hydrogen) atoms. The van der Waals surface area contributed by atoms with Crippen LogP contribution in [0.3, 0.4) is 0 Å². The van der Waals surface area contributed by atoms with Crippen LogP contribution in [-0.4, -0.2) is 34.8 Å². The van der Waals surface area contributed by atoms with Crippen LogP contribution in [0.4, 0.5) is 27.5 Å². The van der Waals surface area contributed by atoms with Gasteiger partial charge in [-0.05, 0) is 54.1 Å². The highest BCUT2D eigenvalue weighted by molar-refractivity contribution is 6.46. The third-order valence-electron chi connectivity index (χ3n) is 6.35. The number of non-ortho nitro benzene ring substituents is 1. The Morgan fingerprint density at radius 1 is 0.674 bits per heavy atom. The Labute approximate surface area is 243 Å². The number of nitrogens with zero attached hydrogens (tertiary/aromatic N) is 4. The van der Waals surface area contributed by atoms with E-state index in [1.165, 1.54) is 31.4 Å². The Morgan fingerprint density at radius 3 is 1.74 bits per heavy atom. The zero-order valence-corrected chi connectivity index (χ0v) is 22.3. The number of urea groups is 1. The summed E-state index contributed by atoms with van der Waals surface area (Å²) in [6.45, 7) is 0. The van der Waals surface area contributed by atoms with E-state index in [4.69, 9.17) is 9.47 Å². The van der Waals surface area contributed by atoms with Crippen LogP contribution in [0.15, 0.2) is 103 Å². The molecule has 0 saturated carbocycles. The summed E-state index contributed by atoms with van der Waals surface area (Å²) in [4.78, 5) is 63.5. The van der Waals surface area contributed by atoms with Crippen molar-refractivity contribution in [2.75, 3.05) is 16.9 Å². The van der Waals surface area contributed by atoms with E-state index >= 15 is 0 Å². The number of carbonyl (C=O) groups is 3. The first-order chi connectivity index (χ1) is 20.7. The monoisotopic (exact) mass is 580 g/mol. The lowest BCUT2D eigenvalue weighted by Gasteiger charge is -2.33. The number of anilines is 2. The Hall–Kier alpha value is -6.37. The summed E-state index contributed by atoms with van der Waals surface area (Å²) in [6.07, 6.45) is 1.30. The minimum Gasteiger partial charge on any atom is -0.493 e. The Kier molecular flexibility index (Phi) is 7.61. The molecule has 0 bridgehead atoms. The van der Waals surface area contributed by atoms with Crippen LogP contribution >= 0.6 is 0 Å². The standard InChI is InChI=1S/C30H20N4O9/c1-42-27-17-19(12-14-26(27)43-25-15-13-22(33(38)39)18-24(25)34(40)41)16-23-28(35)31(20-8-4-2-5-9-20)30(37)32(29(23)36)21-10-6-3-7-11-21/h2-18H,1H3. The number of nitro groups is 2. The van der Waals surface area contributed by atoms with Crippen molar-refractivity contribution in [2.24, 2.45) is 0 Å². The maximum Gasteiger partial charge on any atom is 0.343 e. The zero-order chi connectivity index (χ0) is 30.7. The fourth-order valence-corrected chi connectivity index (χ4v) is 4.33. The van der Waals surface area contributed by atoms with Gasteiger partial charge in [0.1, 0.15) is 5.57 Å². The van der Waals surface area contributed by atoms with E-state index in [2.05, 4.69) is 0 Å². The molecule has 1 aliphatic heterocycles. The number of barbiturate groups is 1. The number of amides is 4. The van der Waals surface area contributed by atoms with Crippen LogP contribution < -0.4 is 19.3 Å². The lowest BCUT2D eigenvalue weighted by molar-refractivity contribution is -0.394. The van der Waals surface area contributed by atoms with E-state index in [1.54, 1.807) is 60.7 Å². The number of para-hydroxylation sites is 2. The number of nitro benzene ring substituents is 2. The Balaban J connectivity index is 1.54. The molecule has 1 aliphatic rings. The minimum absolute atomic E-state index is 0.0231. The third-order valence-corrected chi connectivity index (χ3v) is 6.35. The van der Waals surface area contributed by atoms with Crippen molar-refractivity contribution in [3.8, 4) is 17.2 Å². The van der Waals surface area contributed by atoms with Gasteiger partial charge in [-0.25, -0.2) is 14.6 Å². The number of hydrogen-bond acceptors (Lipinski definition) is 9. The Bertz CT molecular complexity index is 1740. The summed E-state index contributed by atoms with van der Waals surface area (Å²) in [5.41, 5.74) is -0.580. The maximum atomic E-state index is 13.6. The summed E-state index contributed by atoms with van der Waals surface area (Å²) in [6, 6.07) is 22.7. The third kappa shape index (κ3) is 5.50. The smallest absolute Gasteiger partial charge is 0.343 e. The number of ether oxygens (including phenoxy) is 2. The van der Waals surface area contributed by atoms with Gasteiger partial charge in [-0.1, -0.05) is 42.5 Å². The predicted octanol–water partition coefficient (Wildman–Crippen LogP) is 5.89. The summed E-state index contributed by atoms with van der Waals surface area (Å²) in [5.74, 6) is -1.85. The van der Waals surface area contributed by atoms with E-state index < -0.39 is 39.1 Å². The molecule has 1 saturated heterocycles. The molecular formula is C30H20N4O9. The largest absolute Gasteiger partial charge is 0.493 e. The maximum absolute atomic E-state index is 13.6. The van der Waals surface area contributed by atoms with Gasteiger partial charge in [0.05, 0.1) is 34.4 Å². The highest BCUT2D eigenvalue weighted by Gasteiger charge is 2.43. The first-order valence-corrected chi connectivity index (χ1v) is 12.5. The highest BCUT2D eigenvalue weighted by Crippen LogP contribution is 2.39. The molecule has 1 fully saturated rings. The molecule has 13 heteroatoms. The van der Waals surface area contributed by atoms with E-state index in [-0.39, 0.29) is 34.2 Å². The molecule has 0 spiro atoms. The molecular weight excluding hydrogens is 560 g/mol. The molecule has 5 rings (SSSR count). The number of imide groups is 2. The first-order valence-electron chi connectivity index (χ1n) is 12.5. The average Bonchev–Trinajstić information content (AvgIpc) is 3.01. The summed E-state index contributed by atoms with van der Waals surface area (Å²) in [7, 11) is 1.31. The molecule has 214 valence electrons. The summed E-state index contributed by atoms with van der Waals surface area (Å²) in [5, 5.41) is 22.6. The van der Waals surface area contributed by atoms with Gasteiger partial charge in [0.15, 0.2) is 11.5 Å². The van der Waals surface area contributed by atoms with Gasteiger partial charge in [0, 0.05) is 6.07 Å². The van der Waals surface area contributed by atoms with Crippen molar-refractivity contribution in [1.29, 1.82) is 0 Å². The first kappa shape index (κ1) is 28.2. The molecule has 0 aliphatic carbocycles. The van der Waals surface area contributed by atoms with Crippen molar-refractivity contribution in [2.45, 2.75) is 0 Å². The van der Waals surface area contributed by atoms with Gasteiger partial charge < -0.3 is 9.47 Å². The number of carbonyl (C=O) groups excluding carboxylic acids is 3. The van der Waals surface area contributed by atoms with Gasteiger partial charge in [-0.15, -0.1) is 0 Å². The second-order valence-electron chi connectivity index (χ2n) is 8.97. The number of hydrogen-bond donors (Lipinski definition) is 0. The van der Waals surface area contributed by atoms with E-state index in [0.29, 0.717) is 5.56 Å². The number of methoxy groups -OCH3 is 1. The van der Waals surface area contributed by atoms with Gasteiger partial charge in [-0.2, -0.15) is 0 Å². The molecule has 13 nitrogen and oxygen atoms in total. The van der Waals surface area contributed by atoms with Crippen LogP contribution in [0.5, 0.6) is 17.2 Å². The number of rotatable bonds is 8. The van der Waals surface area contributed by atoms with Crippen molar-refractivity contribution in [1.82, 2.24) is 0 Å². The molecule has 4 aromatic carbocycles. The highest BCUT2D eigenvalue weighted by atomic mass is 16.6. The zero-order valence-electron chi connectivity index (χ0n) is 22.3. The quantitative estimate of drug-likeness (QED) is 0.107. The van der Waals surface area contributed by atoms with Crippen molar-refractivity contribution in [3.63, 3.8) is 0 Å². The fraction of sp³-hybridized carbons (Fsp3) is 0.0333. The molecule has 4 aromatic rings. The topological polar surface area (TPSA) is 162 Å². The Morgan fingerprint density at radius 2 is 1.23 bits per heavy atom. The second-order valence-corrected chi connectivity index (χ2v) is 8.97. The summed E-state index contributed by atoms with van der Waals surface area (Å²) >= 11 is 0. The average molecular weight is 581 g/mol. The van der Waals surface area contributed by atoms with Crippen LogP contribution in [0.25, 0.3) is 6.08 Å². The minimum atomic E-state index is -0.839. The lowest BCUT2D eigenvalue weighted by atomic mass is 10.0. The van der Waals surface area contributed by atoms with Gasteiger partial charge in [0.2, 0.25) is 5.75 Å². The normalized spacial score (nSPS) is 13.1. The summed E-state index contributed by atoms with van der Waals surface area (Å²) < 4.78 is 11.1. The lowest BCUT2D eigenvalue weighted by Crippen LogP contribution is -2.57. The van der Waals surface area contributed by atoms with E-state index in [9.17, 15) is 34.6 Å². The van der Waals surface area contributed by atoms with Crippen LogP contribution in [0.1, 0.15) is 5.56 Å². The van der Waals surface area contributed by atoms with Crippen molar-refractivity contribution < 1.29 is 33.7 Å². The van der Waals surface area contributed by atoms with Gasteiger partial charge in [0.25, 0.3) is 17.5 Å². The predicted molar refractivity (Wildman–Crippen MR) is 154 cm³/mol. The second kappa shape index (κ2) is 11.6. The molecule has 1 heterocycles. The fourth-order valence-electron chi connectivity index (χ4n) is 4.33.